The SMILES string of the molecule is CC(C)C[C@H](N)C(=O)N[C@@H](Cc1c[nH]cn1)C(=O)N[C@@H](CCCCN)C(=O)[O-].CC(C)C[C@H](N)C(=O)N[C@@H](Cc1c[nH]cn1)C(=O)N[C@@H](CCCCN)C(=O)[O-].[Mn+2]. The van der Waals surface area contributed by atoms with Crippen LogP contribution in [0.4, 0.5) is 0 Å². The van der Waals surface area contributed by atoms with Crippen LogP contribution in [-0.4, -0.2) is 105 Å². The summed E-state index contributed by atoms with van der Waals surface area (Å²) in [6.45, 7) is 8.61. The first-order valence-electron chi connectivity index (χ1n) is 19.0. The van der Waals surface area contributed by atoms with Gasteiger partial charge in [-0.1, -0.05) is 27.7 Å². The Morgan fingerprint density at radius 1 is 0.596 bits per heavy atom. The molecule has 2 heterocycles. The van der Waals surface area contributed by atoms with Crippen molar-refractivity contribution in [1.29, 1.82) is 0 Å². The topological polar surface area (TPSA) is 358 Å². The molecule has 2 rings (SSSR count). The fourth-order valence-corrected chi connectivity index (χ4v) is 5.46. The van der Waals surface area contributed by atoms with Crippen molar-refractivity contribution in [1.82, 2.24) is 41.2 Å². The van der Waals surface area contributed by atoms with Crippen molar-refractivity contribution in [2.75, 3.05) is 13.1 Å². The second-order valence-electron chi connectivity index (χ2n) is 14.5. The quantitative estimate of drug-likeness (QED) is 0.0323. The van der Waals surface area contributed by atoms with E-state index in [0.717, 1.165) is 0 Å². The maximum atomic E-state index is 12.7. The number of unbranched alkanes of at least 4 members (excludes halogenated alkanes) is 2. The predicted octanol–water partition coefficient (Wildman–Crippen LogP) is -3.65. The zero-order valence-corrected chi connectivity index (χ0v) is 34.4. The predicted molar refractivity (Wildman–Crippen MR) is 203 cm³/mol. The smallest absolute Gasteiger partial charge is 0.548 e. The van der Waals surface area contributed by atoms with E-state index in [-0.39, 0.29) is 54.6 Å². The molecule has 0 aliphatic rings. The maximum absolute atomic E-state index is 12.7. The van der Waals surface area contributed by atoms with Crippen LogP contribution in [0.25, 0.3) is 0 Å². The van der Waals surface area contributed by atoms with Gasteiger partial charge in [0.2, 0.25) is 23.6 Å². The van der Waals surface area contributed by atoms with E-state index >= 15 is 0 Å². The van der Waals surface area contributed by atoms with Gasteiger partial charge in [0.05, 0.1) is 60.1 Å². The summed E-state index contributed by atoms with van der Waals surface area (Å²) in [6, 6.07) is -5.88. The molecule has 2 aromatic heterocycles. The van der Waals surface area contributed by atoms with E-state index in [1.807, 2.05) is 27.7 Å². The number of aliphatic carboxylic acids is 2. The van der Waals surface area contributed by atoms with Crippen molar-refractivity contribution in [2.24, 2.45) is 34.8 Å². The van der Waals surface area contributed by atoms with Crippen LogP contribution in [0.5, 0.6) is 0 Å². The number of rotatable bonds is 26. The number of hydrogen-bond acceptors (Lipinski definition) is 14. The number of amides is 4. The first kappa shape index (κ1) is 52.6. The van der Waals surface area contributed by atoms with Crippen molar-refractivity contribution in [3.63, 3.8) is 0 Å². The maximum Gasteiger partial charge on any atom is 2.00 e. The van der Waals surface area contributed by atoms with Gasteiger partial charge in [-0.05, 0) is 76.3 Å². The van der Waals surface area contributed by atoms with E-state index in [1.54, 1.807) is 12.4 Å². The molecular formula is C36H62MnN12O8. The number of imidazole rings is 2. The number of nitrogens with two attached hydrogens (primary N) is 4. The largest absolute Gasteiger partial charge is 2.00 e. The van der Waals surface area contributed by atoms with Crippen LogP contribution >= 0.6 is 0 Å². The van der Waals surface area contributed by atoms with Crippen LogP contribution in [0, 0.1) is 11.8 Å². The van der Waals surface area contributed by atoms with Crippen LogP contribution in [0.2, 0.25) is 0 Å². The molecule has 2 aromatic rings. The molecule has 1 radical (unpaired) electrons. The second kappa shape index (κ2) is 28.9. The van der Waals surface area contributed by atoms with Gasteiger partial charge in [-0.15, -0.1) is 0 Å². The number of H-pyrrole nitrogens is 2. The Hall–Kier alpha value is -4.40. The molecular weight excluding hydrogens is 783 g/mol. The van der Waals surface area contributed by atoms with E-state index in [9.17, 15) is 39.0 Å². The zero-order valence-electron chi connectivity index (χ0n) is 33.3. The van der Waals surface area contributed by atoms with Gasteiger partial charge < -0.3 is 74.0 Å². The Kier molecular flexibility index (Phi) is 26.7. The van der Waals surface area contributed by atoms with Gasteiger partial charge in [0.25, 0.3) is 0 Å². The summed E-state index contributed by atoms with van der Waals surface area (Å²) in [5.74, 6) is -4.55. The Labute approximate surface area is 344 Å². The number of carbonyl (C=O) groups is 6. The first-order chi connectivity index (χ1) is 26.5. The summed E-state index contributed by atoms with van der Waals surface area (Å²) < 4.78 is 0. The number of aromatic amines is 2. The summed E-state index contributed by atoms with van der Waals surface area (Å²) in [4.78, 5) is 86.4. The summed E-state index contributed by atoms with van der Waals surface area (Å²) in [5, 5.41) is 32.8. The fraction of sp³-hybridized carbons (Fsp3) is 0.667. The Morgan fingerprint density at radius 3 is 1.19 bits per heavy atom. The molecule has 0 saturated heterocycles. The van der Waals surface area contributed by atoms with Gasteiger partial charge in [-0.3, -0.25) is 19.2 Å². The number of aromatic nitrogens is 4. The van der Waals surface area contributed by atoms with Crippen molar-refractivity contribution in [3.8, 4) is 0 Å². The number of hydrogen-bond donors (Lipinski definition) is 10. The van der Waals surface area contributed by atoms with E-state index in [2.05, 4.69) is 41.2 Å². The molecule has 0 unspecified atom stereocenters. The standard InChI is InChI=1S/2C18H32N6O4.Mn/c2*1-11(2)7-13(20)16(25)24-15(8-12-9-21-10-22-12)17(26)23-14(18(27)28)5-3-4-6-19;/h2*9-11,13-15H,3-8,19-20H2,1-2H3,(H,21,22)(H,23,26)(H,24,25)(H,27,28);/q;;+2/p-2/t2*13-,14-,15-;/m00./s1. The third kappa shape index (κ3) is 22.2. The molecule has 14 N–H and O–H groups in total. The fourth-order valence-electron chi connectivity index (χ4n) is 5.46. The van der Waals surface area contributed by atoms with Crippen molar-refractivity contribution < 1.29 is 56.0 Å². The van der Waals surface area contributed by atoms with Crippen molar-refractivity contribution in [3.05, 3.63) is 36.4 Å². The molecule has 0 spiro atoms. The third-order valence-electron chi connectivity index (χ3n) is 8.42. The average Bonchev–Trinajstić information content (AvgIpc) is 3.84. The van der Waals surface area contributed by atoms with Gasteiger partial charge in [-0.25, -0.2) is 9.97 Å². The van der Waals surface area contributed by atoms with E-state index < -0.39 is 71.8 Å². The molecule has 57 heavy (non-hydrogen) atoms. The summed E-state index contributed by atoms with van der Waals surface area (Å²) >= 11 is 0. The average molecular weight is 846 g/mol. The number of carboxylic acids is 2. The molecule has 0 aliphatic heterocycles. The molecule has 0 aromatic carbocycles. The molecule has 0 bridgehead atoms. The minimum absolute atomic E-state index is 0. The van der Waals surface area contributed by atoms with Crippen LogP contribution in [0.15, 0.2) is 25.0 Å². The molecule has 0 aliphatic carbocycles. The van der Waals surface area contributed by atoms with E-state index in [0.29, 0.717) is 63.0 Å². The molecule has 20 nitrogen and oxygen atoms in total. The van der Waals surface area contributed by atoms with Gasteiger partial charge in [0.1, 0.15) is 12.1 Å². The molecule has 4 amide bonds. The van der Waals surface area contributed by atoms with Crippen molar-refractivity contribution in [2.45, 2.75) is 128 Å². The normalized spacial score (nSPS) is 14.1. The Morgan fingerprint density at radius 2 is 0.930 bits per heavy atom. The summed E-state index contributed by atoms with van der Waals surface area (Å²) in [6.07, 6.45) is 9.94. The van der Waals surface area contributed by atoms with Gasteiger partial charge >= 0.3 is 17.1 Å². The molecule has 0 saturated carbocycles. The summed E-state index contributed by atoms with van der Waals surface area (Å²) in [5.41, 5.74) is 23.7. The zero-order chi connectivity index (χ0) is 42.2. The number of carboxylic acid groups (broad SMARTS) is 2. The molecule has 321 valence electrons. The Bertz CT molecular complexity index is 1350. The summed E-state index contributed by atoms with van der Waals surface area (Å²) in [7, 11) is 0. The molecule has 0 fully saturated rings. The third-order valence-corrected chi connectivity index (χ3v) is 8.42. The van der Waals surface area contributed by atoms with Gasteiger partial charge in [0.15, 0.2) is 0 Å². The van der Waals surface area contributed by atoms with E-state index in [4.69, 9.17) is 22.9 Å². The molecule has 21 heteroatoms. The minimum atomic E-state index is -1.38. The first-order valence-corrected chi connectivity index (χ1v) is 19.0. The van der Waals surface area contributed by atoms with Crippen LogP contribution in [-0.2, 0) is 58.7 Å². The van der Waals surface area contributed by atoms with Crippen molar-refractivity contribution >= 4 is 35.6 Å². The number of carbonyl (C=O) groups excluding carboxylic acids is 6. The molecule has 6 atom stereocenters. The second-order valence-corrected chi connectivity index (χ2v) is 14.5. The van der Waals surface area contributed by atoms with Crippen LogP contribution in [0.1, 0.15) is 90.4 Å². The monoisotopic (exact) mass is 845 g/mol. The Balaban J connectivity index is 0.00000108. The van der Waals surface area contributed by atoms with Gasteiger partial charge in [0, 0.05) is 25.2 Å². The van der Waals surface area contributed by atoms with Crippen LogP contribution < -0.4 is 54.4 Å². The van der Waals surface area contributed by atoms with Gasteiger partial charge in [-0.2, -0.15) is 0 Å². The van der Waals surface area contributed by atoms with E-state index in [1.165, 1.54) is 12.7 Å². The number of nitrogens with one attached hydrogen (secondary N) is 6. The number of nitrogens with zero attached hydrogens (tertiary/aromatic N) is 2. The minimum Gasteiger partial charge on any atom is -0.548 e. The van der Waals surface area contributed by atoms with Crippen LogP contribution in [0.3, 0.4) is 0 Å².